The summed E-state index contributed by atoms with van der Waals surface area (Å²) in [7, 11) is 1.59. The topological polar surface area (TPSA) is 82.5 Å². The zero-order valence-electron chi connectivity index (χ0n) is 18.7. The Morgan fingerprint density at radius 3 is 2.56 bits per heavy atom. The summed E-state index contributed by atoms with van der Waals surface area (Å²) in [6, 6.07) is 13.1. The molecule has 8 heteroatoms. The molecule has 0 unspecified atom stereocenters. The second-order valence-electron chi connectivity index (χ2n) is 8.45. The van der Waals surface area contributed by atoms with E-state index in [0.717, 1.165) is 22.3 Å². The van der Waals surface area contributed by atoms with Crippen LogP contribution in [0.5, 0.6) is 5.75 Å². The third kappa shape index (κ3) is 6.37. The summed E-state index contributed by atoms with van der Waals surface area (Å²) in [6.45, 7) is 5.74. The van der Waals surface area contributed by atoms with Gasteiger partial charge in [-0.05, 0) is 56.2 Å². The monoisotopic (exact) mass is 453 g/mol. The number of benzene rings is 2. The second kappa shape index (κ2) is 9.91. The van der Waals surface area contributed by atoms with E-state index >= 15 is 0 Å². The molecule has 0 saturated heterocycles. The number of fused-ring (bicyclic) bond motifs is 1. The molecule has 168 valence electrons. The summed E-state index contributed by atoms with van der Waals surface area (Å²) in [5.41, 5.74) is 1.92. The van der Waals surface area contributed by atoms with Crippen molar-refractivity contribution in [1.82, 2.24) is 15.1 Å². The van der Waals surface area contributed by atoms with Gasteiger partial charge in [0.05, 0.1) is 25.2 Å². The summed E-state index contributed by atoms with van der Waals surface area (Å²) in [6.07, 6.45) is 1.90. The summed E-state index contributed by atoms with van der Waals surface area (Å²) in [5, 5.41) is 7.84. The smallest absolute Gasteiger partial charge is 0.435 e. The molecule has 1 aromatic heterocycles. The second-order valence-corrected chi connectivity index (χ2v) is 9.03. The van der Waals surface area contributed by atoms with Crippen molar-refractivity contribution in [3.05, 3.63) is 59.8 Å². The third-order valence-electron chi connectivity index (χ3n) is 4.58. The van der Waals surface area contributed by atoms with Gasteiger partial charge in [0.1, 0.15) is 11.4 Å². The van der Waals surface area contributed by atoms with Gasteiger partial charge >= 0.3 is 6.09 Å². The van der Waals surface area contributed by atoms with E-state index < -0.39 is 11.7 Å². The van der Waals surface area contributed by atoms with Crippen molar-refractivity contribution in [2.45, 2.75) is 39.2 Å². The molecule has 0 aliphatic rings. The molecule has 0 spiro atoms. The van der Waals surface area contributed by atoms with Crippen LogP contribution in [-0.2, 0) is 22.4 Å². The SMILES string of the molecule is COc1cccc(CC(=O)NCC(=S)Cc2ccc3c(cnn3C(=O)OC(C)(C)C)c2)c1. The largest absolute Gasteiger partial charge is 0.497 e. The predicted molar refractivity (Wildman–Crippen MR) is 127 cm³/mol. The van der Waals surface area contributed by atoms with Crippen LogP contribution >= 0.6 is 12.2 Å². The zero-order valence-corrected chi connectivity index (χ0v) is 19.5. The average molecular weight is 454 g/mol. The first-order valence-corrected chi connectivity index (χ1v) is 10.7. The highest BCUT2D eigenvalue weighted by Crippen LogP contribution is 2.18. The summed E-state index contributed by atoms with van der Waals surface area (Å²) >= 11 is 5.46. The minimum absolute atomic E-state index is 0.102. The van der Waals surface area contributed by atoms with Crippen molar-refractivity contribution < 1.29 is 19.1 Å². The van der Waals surface area contributed by atoms with Gasteiger partial charge in [0.2, 0.25) is 5.91 Å². The minimum Gasteiger partial charge on any atom is -0.497 e. The molecule has 0 aliphatic heterocycles. The fraction of sp³-hybridized carbons (Fsp3) is 0.333. The van der Waals surface area contributed by atoms with Crippen LogP contribution in [0.1, 0.15) is 31.9 Å². The zero-order chi connectivity index (χ0) is 23.3. The highest BCUT2D eigenvalue weighted by molar-refractivity contribution is 7.80. The van der Waals surface area contributed by atoms with E-state index in [1.165, 1.54) is 4.68 Å². The standard InChI is InChI=1S/C24H27N3O4S/c1-24(2,3)31-23(29)27-21-9-8-17(10-18(21)14-26-27)12-20(32)15-25-22(28)13-16-6-5-7-19(11-16)30-4/h5-11,14H,12-13,15H2,1-4H3,(H,25,28). The Bertz CT molecular complexity index is 1150. The molecule has 1 amide bonds. The van der Waals surface area contributed by atoms with Crippen LogP contribution in [0.15, 0.2) is 48.7 Å². The number of nitrogens with one attached hydrogen (secondary N) is 1. The Morgan fingerprint density at radius 1 is 1.09 bits per heavy atom. The van der Waals surface area contributed by atoms with Crippen LogP contribution in [-0.4, -0.2) is 45.9 Å². The average Bonchev–Trinajstić information content (AvgIpc) is 3.14. The number of aromatic nitrogens is 2. The number of ether oxygens (including phenoxy) is 2. The number of carbonyl (C=O) groups is 2. The molecule has 1 N–H and O–H groups in total. The maximum absolute atomic E-state index is 12.3. The molecule has 0 bridgehead atoms. The van der Waals surface area contributed by atoms with Crippen LogP contribution < -0.4 is 10.1 Å². The van der Waals surface area contributed by atoms with E-state index in [-0.39, 0.29) is 12.3 Å². The predicted octanol–water partition coefficient (Wildman–Crippen LogP) is 4.10. The lowest BCUT2D eigenvalue weighted by molar-refractivity contribution is -0.120. The Hall–Kier alpha value is -3.26. The maximum Gasteiger partial charge on any atom is 0.435 e. The van der Waals surface area contributed by atoms with Crippen LogP contribution in [0, 0.1) is 0 Å². The molecule has 0 atom stereocenters. The van der Waals surface area contributed by atoms with Gasteiger partial charge < -0.3 is 14.8 Å². The van der Waals surface area contributed by atoms with Gasteiger partial charge in [-0.3, -0.25) is 4.79 Å². The number of thiocarbonyl (C=S) groups is 1. The normalized spacial score (nSPS) is 11.2. The molecular weight excluding hydrogens is 426 g/mol. The Morgan fingerprint density at radius 2 is 1.84 bits per heavy atom. The number of carbonyl (C=O) groups excluding carboxylic acids is 2. The van der Waals surface area contributed by atoms with Crippen molar-refractivity contribution in [3.8, 4) is 5.75 Å². The van der Waals surface area contributed by atoms with Gasteiger partial charge in [-0.2, -0.15) is 9.78 Å². The van der Waals surface area contributed by atoms with Crippen LogP contribution in [0.4, 0.5) is 4.79 Å². The maximum atomic E-state index is 12.3. The lowest BCUT2D eigenvalue weighted by atomic mass is 10.1. The third-order valence-corrected chi connectivity index (χ3v) is 4.87. The van der Waals surface area contributed by atoms with Crippen molar-refractivity contribution in [2.24, 2.45) is 0 Å². The molecule has 2 aromatic carbocycles. The molecule has 0 fully saturated rings. The van der Waals surface area contributed by atoms with Crippen LogP contribution in [0.25, 0.3) is 10.9 Å². The molecule has 0 radical (unpaired) electrons. The minimum atomic E-state index is -0.599. The van der Waals surface area contributed by atoms with E-state index in [9.17, 15) is 9.59 Å². The molecular formula is C24H27N3O4S. The highest BCUT2D eigenvalue weighted by atomic mass is 32.1. The number of nitrogens with zero attached hydrogens (tertiary/aromatic N) is 2. The fourth-order valence-electron chi connectivity index (χ4n) is 3.16. The van der Waals surface area contributed by atoms with E-state index in [1.807, 2.05) is 63.2 Å². The highest BCUT2D eigenvalue weighted by Gasteiger charge is 2.20. The van der Waals surface area contributed by atoms with E-state index in [4.69, 9.17) is 21.7 Å². The van der Waals surface area contributed by atoms with Gasteiger partial charge in [0, 0.05) is 23.2 Å². The van der Waals surface area contributed by atoms with Crippen molar-refractivity contribution >= 4 is 40.0 Å². The van der Waals surface area contributed by atoms with Crippen LogP contribution in [0.2, 0.25) is 0 Å². The number of rotatable bonds is 7. The van der Waals surface area contributed by atoms with Gasteiger partial charge in [-0.25, -0.2) is 4.79 Å². The van der Waals surface area contributed by atoms with E-state index in [1.54, 1.807) is 13.3 Å². The van der Waals surface area contributed by atoms with E-state index in [0.29, 0.717) is 23.3 Å². The van der Waals surface area contributed by atoms with Gasteiger partial charge in [-0.1, -0.05) is 30.4 Å². The molecule has 0 saturated carbocycles. The number of amides is 1. The van der Waals surface area contributed by atoms with Crippen LogP contribution in [0.3, 0.4) is 0 Å². The fourth-order valence-corrected chi connectivity index (χ4v) is 3.40. The molecule has 7 nitrogen and oxygen atoms in total. The first-order valence-electron chi connectivity index (χ1n) is 10.3. The van der Waals surface area contributed by atoms with Crippen molar-refractivity contribution in [2.75, 3.05) is 13.7 Å². The lowest BCUT2D eigenvalue weighted by Gasteiger charge is -2.19. The van der Waals surface area contributed by atoms with Gasteiger partial charge in [0.25, 0.3) is 0 Å². The number of methoxy groups -OCH3 is 1. The first kappa shape index (κ1) is 23.4. The number of hydrogen-bond acceptors (Lipinski definition) is 6. The Balaban J connectivity index is 1.56. The first-order chi connectivity index (χ1) is 15.1. The summed E-state index contributed by atoms with van der Waals surface area (Å²) in [4.78, 5) is 25.3. The molecule has 32 heavy (non-hydrogen) atoms. The molecule has 3 aromatic rings. The van der Waals surface area contributed by atoms with E-state index in [2.05, 4.69) is 10.4 Å². The lowest BCUT2D eigenvalue weighted by Crippen LogP contribution is -2.30. The number of hydrogen-bond donors (Lipinski definition) is 1. The Kier molecular flexibility index (Phi) is 7.25. The molecule has 1 heterocycles. The summed E-state index contributed by atoms with van der Waals surface area (Å²) < 4.78 is 11.8. The molecule has 0 aliphatic carbocycles. The van der Waals surface area contributed by atoms with Gasteiger partial charge in [-0.15, -0.1) is 0 Å². The quantitative estimate of drug-likeness (QED) is 0.543. The summed E-state index contributed by atoms with van der Waals surface area (Å²) in [5.74, 6) is 0.617. The molecule has 3 rings (SSSR count). The van der Waals surface area contributed by atoms with Gasteiger partial charge in [0.15, 0.2) is 0 Å². The van der Waals surface area contributed by atoms with Crippen molar-refractivity contribution in [3.63, 3.8) is 0 Å². The van der Waals surface area contributed by atoms with Crippen molar-refractivity contribution in [1.29, 1.82) is 0 Å². The Labute approximate surface area is 192 Å².